The molecule has 0 spiro atoms. The van der Waals surface area contributed by atoms with Gasteiger partial charge in [-0.05, 0) is 43.7 Å². The summed E-state index contributed by atoms with van der Waals surface area (Å²) in [6.45, 7) is 3.76. The van der Waals surface area contributed by atoms with Gasteiger partial charge in [-0.3, -0.25) is 4.79 Å². The molecule has 1 amide bonds. The van der Waals surface area contributed by atoms with Gasteiger partial charge in [-0.1, -0.05) is 29.4 Å². The van der Waals surface area contributed by atoms with Crippen LogP contribution in [0.15, 0.2) is 41.6 Å². The van der Waals surface area contributed by atoms with Crippen LogP contribution in [0.25, 0.3) is 0 Å². The molecule has 0 fully saturated rings. The number of nitrogen functional groups attached to an aromatic ring is 1. The maximum absolute atomic E-state index is 12.2. The molecule has 1 atom stereocenters. The van der Waals surface area contributed by atoms with Gasteiger partial charge in [-0.25, -0.2) is 4.98 Å². The van der Waals surface area contributed by atoms with Crippen molar-refractivity contribution in [3.8, 4) is 0 Å². The minimum Gasteiger partial charge on any atom is -0.399 e. The van der Waals surface area contributed by atoms with E-state index >= 15 is 0 Å². The van der Waals surface area contributed by atoms with E-state index in [0.29, 0.717) is 10.7 Å². The van der Waals surface area contributed by atoms with E-state index in [2.05, 4.69) is 10.3 Å². The number of rotatable bonds is 4. The monoisotopic (exact) mass is 321 g/mol. The van der Waals surface area contributed by atoms with Crippen molar-refractivity contribution < 1.29 is 4.79 Å². The van der Waals surface area contributed by atoms with Gasteiger partial charge in [0.25, 0.3) is 0 Å². The van der Waals surface area contributed by atoms with Crippen molar-refractivity contribution in [1.82, 2.24) is 4.98 Å². The molecule has 0 aliphatic rings. The van der Waals surface area contributed by atoms with Crippen LogP contribution in [0.1, 0.15) is 12.5 Å². The van der Waals surface area contributed by atoms with Crippen molar-refractivity contribution in [2.24, 2.45) is 0 Å². The fourth-order valence-electron chi connectivity index (χ4n) is 1.68. The number of aromatic nitrogens is 1. The highest BCUT2D eigenvalue weighted by Crippen LogP contribution is 2.24. The zero-order valence-electron chi connectivity index (χ0n) is 11.8. The summed E-state index contributed by atoms with van der Waals surface area (Å²) in [4.78, 5) is 16.4. The van der Waals surface area contributed by atoms with Crippen LogP contribution in [0.2, 0.25) is 5.02 Å². The molecule has 110 valence electrons. The molecular formula is C15H16ClN3OS. The van der Waals surface area contributed by atoms with Crippen LogP contribution in [0.3, 0.4) is 0 Å². The van der Waals surface area contributed by atoms with Crippen LogP contribution in [-0.2, 0) is 4.79 Å². The maximum Gasteiger partial charge on any atom is 0.237 e. The lowest BCUT2D eigenvalue weighted by Crippen LogP contribution is -2.23. The Labute approximate surface area is 133 Å². The Morgan fingerprint density at radius 2 is 2.14 bits per heavy atom. The van der Waals surface area contributed by atoms with E-state index in [9.17, 15) is 4.79 Å². The molecule has 4 nitrogen and oxygen atoms in total. The average Bonchev–Trinajstić information content (AvgIpc) is 2.45. The molecule has 3 N–H and O–H groups in total. The number of pyridine rings is 1. The number of nitrogens with zero attached hydrogens (tertiary/aromatic N) is 1. The van der Waals surface area contributed by atoms with Crippen molar-refractivity contribution in [2.75, 3.05) is 11.1 Å². The first kappa shape index (κ1) is 15.7. The normalized spacial score (nSPS) is 12.0. The number of carbonyl (C=O) groups is 1. The first-order valence-electron chi connectivity index (χ1n) is 6.41. The summed E-state index contributed by atoms with van der Waals surface area (Å²) >= 11 is 7.16. The van der Waals surface area contributed by atoms with E-state index in [-0.39, 0.29) is 11.2 Å². The summed E-state index contributed by atoms with van der Waals surface area (Å²) in [5, 5.41) is 3.94. The summed E-state index contributed by atoms with van der Waals surface area (Å²) < 4.78 is 0. The first-order chi connectivity index (χ1) is 9.95. The van der Waals surface area contributed by atoms with Gasteiger partial charge in [0.05, 0.1) is 15.3 Å². The minimum absolute atomic E-state index is 0.0922. The molecule has 0 bridgehead atoms. The van der Waals surface area contributed by atoms with Crippen LogP contribution in [0, 0.1) is 6.92 Å². The first-order valence-corrected chi connectivity index (χ1v) is 7.66. The fourth-order valence-corrected chi connectivity index (χ4v) is 2.58. The number of carbonyl (C=O) groups excluding carboxylic acids is 1. The van der Waals surface area contributed by atoms with Crippen LogP contribution in [0.5, 0.6) is 0 Å². The number of halogens is 1. The molecule has 2 rings (SSSR count). The van der Waals surface area contributed by atoms with E-state index in [1.807, 2.05) is 19.9 Å². The topological polar surface area (TPSA) is 68.0 Å². The van der Waals surface area contributed by atoms with Crippen molar-refractivity contribution in [2.45, 2.75) is 24.1 Å². The molecule has 1 heterocycles. The number of hydrogen-bond donors (Lipinski definition) is 2. The number of amides is 1. The van der Waals surface area contributed by atoms with Crippen molar-refractivity contribution in [1.29, 1.82) is 0 Å². The Hall–Kier alpha value is -1.72. The fraction of sp³-hybridized carbons (Fsp3) is 0.200. The SMILES string of the molecule is Cc1ccc(N)cc1NC(=O)C(C)Sc1ccc(Cl)cn1. The minimum atomic E-state index is -0.278. The Morgan fingerprint density at radius 3 is 2.81 bits per heavy atom. The molecule has 0 radical (unpaired) electrons. The van der Waals surface area contributed by atoms with Crippen LogP contribution >= 0.6 is 23.4 Å². The molecular weight excluding hydrogens is 306 g/mol. The van der Waals surface area contributed by atoms with Gasteiger partial charge in [0.1, 0.15) is 0 Å². The summed E-state index contributed by atoms with van der Waals surface area (Å²) in [7, 11) is 0. The van der Waals surface area contributed by atoms with E-state index < -0.39 is 0 Å². The predicted molar refractivity (Wildman–Crippen MR) is 88.8 cm³/mol. The van der Waals surface area contributed by atoms with Gasteiger partial charge in [0.2, 0.25) is 5.91 Å². The van der Waals surface area contributed by atoms with Gasteiger partial charge in [-0.2, -0.15) is 0 Å². The number of thioether (sulfide) groups is 1. The van der Waals surface area contributed by atoms with Gasteiger partial charge in [0, 0.05) is 17.6 Å². The Morgan fingerprint density at radius 1 is 1.38 bits per heavy atom. The number of benzene rings is 1. The number of nitrogens with one attached hydrogen (secondary N) is 1. The summed E-state index contributed by atoms with van der Waals surface area (Å²) in [5.41, 5.74) is 8.06. The van der Waals surface area contributed by atoms with E-state index in [1.54, 1.807) is 30.5 Å². The highest BCUT2D eigenvalue weighted by Gasteiger charge is 2.16. The summed E-state index contributed by atoms with van der Waals surface area (Å²) in [5.74, 6) is -0.0922. The van der Waals surface area contributed by atoms with Crippen molar-refractivity contribution in [3.05, 3.63) is 47.1 Å². The molecule has 0 aliphatic heterocycles. The van der Waals surface area contributed by atoms with Gasteiger partial charge >= 0.3 is 0 Å². The van der Waals surface area contributed by atoms with E-state index in [1.165, 1.54) is 11.8 Å². The van der Waals surface area contributed by atoms with E-state index in [0.717, 1.165) is 16.3 Å². The zero-order valence-corrected chi connectivity index (χ0v) is 13.3. The maximum atomic E-state index is 12.2. The number of hydrogen-bond acceptors (Lipinski definition) is 4. The summed E-state index contributed by atoms with van der Waals surface area (Å²) in [6.07, 6.45) is 1.57. The number of nitrogens with two attached hydrogens (primary N) is 1. The molecule has 21 heavy (non-hydrogen) atoms. The van der Waals surface area contributed by atoms with Crippen molar-refractivity contribution in [3.63, 3.8) is 0 Å². The second-order valence-corrected chi connectivity index (χ2v) is 6.44. The zero-order chi connectivity index (χ0) is 15.4. The molecule has 0 aliphatic carbocycles. The third kappa shape index (κ3) is 4.37. The average molecular weight is 322 g/mol. The van der Waals surface area contributed by atoms with Gasteiger partial charge in [0.15, 0.2) is 0 Å². The smallest absolute Gasteiger partial charge is 0.237 e. The largest absolute Gasteiger partial charge is 0.399 e. The molecule has 1 unspecified atom stereocenters. The molecule has 0 saturated carbocycles. The standard InChI is InChI=1S/C15H16ClN3OS/c1-9-3-5-12(17)7-13(9)19-15(20)10(2)21-14-6-4-11(16)8-18-14/h3-8,10H,17H2,1-2H3,(H,19,20). The lowest BCUT2D eigenvalue weighted by atomic mass is 10.2. The Bertz CT molecular complexity index is 646. The van der Waals surface area contributed by atoms with Crippen molar-refractivity contribution >= 4 is 40.6 Å². The quantitative estimate of drug-likeness (QED) is 0.665. The molecule has 6 heteroatoms. The molecule has 2 aromatic rings. The Balaban J connectivity index is 2.02. The van der Waals surface area contributed by atoms with Crippen LogP contribution in [-0.4, -0.2) is 16.1 Å². The van der Waals surface area contributed by atoms with Gasteiger partial charge < -0.3 is 11.1 Å². The second kappa shape index (κ2) is 6.83. The van der Waals surface area contributed by atoms with Crippen LogP contribution in [0.4, 0.5) is 11.4 Å². The second-order valence-electron chi connectivity index (χ2n) is 4.64. The van der Waals surface area contributed by atoms with Gasteiger partial charge in [-0.15, -0.1) is 0 Å². The number of aryl methyl sites for hydroxylation is 1. The third-order valence-corrected chi connectivity index (χ3v) is 4.16. The highest BCUT2D eigenvalue weighted by molar-refractivity contribution is 8.00. The molecule has 1 aromatic carbocycles. The lowest BCUT2D eigenvalue weighted by Gasteiger charge is -2.13. The highest BCUT2D eigenvalue weighted by atomic mass is 35.5. The molecule has 0 saturated heterocycles. The van der Waals surface area contributed by atoms with Crippen LogP contribution < -0.4 is 11.1 Å². The predicted octanol–water partition coefficient (Wildman–Crippen LogP) is 3.74. The number of anilines is 2. The summed E-state index contributed by atoms with van der Waals surface area (Å²) in [6, 6.07) is 8.99. The third-order valence-electron chi connectivity index (χ3n) is 2.89. The lowest BCUT2D eigenvalue weighted by molar-refractivity contribution is -0.115. The van der Waals surface area contributed by atoms with E-state index in [4.69, 9.17) is 17.3 Å². The molecule has 1 aromatic heterocycles. The Kier molecular flexibility index (Phi) is 5.09.